The zero-order valence-electron chi connectivity index (χ0n) is 24.0. The van der Waals surface area contributed by atoms with Crippen LogP contribution < -0.4 is 11.3 Å². The maximum absolute atomic E-state index is 11.0. The molecule has 4 N–H and O–H groups in total. The summed E-state index contributed by atoms with van der Waals surface area (Å²) in [4.78, 5) is 27.6. The number of pyridine rings is 2. The standard InChI is InChI=1S/C17H17N3.C12H15NO.C5H7N3/c1-2-5-13(6-3-1)11-20-10-8-16-15(12-20)14-7-4-9-18-17(14)19-16;14-12-6-8-13(9-7-12)10-11-4-2-1-3-5-11;6-8-5-3-1-2-4-7-5/h1-7,9H,8,10-12H2,(H,18,19);1-5H,6-10H2;1-4H,6H2,(H,7,8). The van der Waals surface area contributed by atoms with Crippen molar-refractivity contribution in [2.75, 3.05) is 25.1 Å². The number of nitrogen functional groups attached to an aromatic ring is 1. The third-order valence-electron chi connectivity index (χ3n) is 7.55. The van der Waals surface area contributed by atoms with Crippen LogP contribution >= 0.6 is 0 Å². The first-order valence-electron chi connectivity index (χ1n) is 14.5. The summed E-state index contributed by atoms with van der Waals surface area (Å²) in [5, 5.41) is 1.28. The molecule has 42 heavy (non-hydrogen) atoms. The number of fused-ring (bicyclic) bond motifs is 3. The van der Waals surface area contributed by atoms with Gasteiger partial charge in [0.25, 0.3) is 0 Å². The van der Waals surface area contributed by atoms with Crippen molar-refractivity contribution in [1.29, 1.82) is 0 Å². The number of anilines is 1. The molecule has 216 valence electrons. The summed E-state index contributed by atoms with van der Waals surface area (Å²) in [5.74, 6) is 6.14. The van der Waals surface area contributed by atoms with Gasteiger partial charge in [-0.2, -0.15) is 0 Å². The van der Waals surface area contributed by atoms with Gasteiger partial charge >= 0.3 is 0 Å². The predicted molar refractivity (Wildman–Crippen MR) is 168 cm³/mol. The lowest BCUT2D eigenvalue weighted by Crippen LogP contribution is -2.33. The Morgan fingerprint density at radius 2 is 1.33 bits per heavy atom. The number of nitrogens with two attached hydrogens (primary N) is 1. The summed E-state index contributed by atoms with van der Waals surface area (Å²) in [5.41, 5.74) is 8.95. The minimum Gasteiger partial charge on any atom is -0.343 e. The van der Waals surface area contributed by atoms with Gasteiger partial charge in [-0.15, -0.1) is 0 Å². The number of nitrogens with one attached hydrogen (secondary N) is 2. The molecule has 5 aromatic rings. The van der Waals surface area contributed by atoms with Crippen LogP contribution in [0.4, 0.5) is 5.82 Å². The summed E-state index contributed by atoms with van der Waals surface area (Å²) in [6.45, 7) is 5.97. The second-order valence-electron chi connectivity index (χ2n) is 10.6. The molecule has 0 bridgehead atoms. The van der Waals surface area contributed by atoms with E-state index in [4.69, 9.17) is 5.84 Å². The largest absolute Gasteiger partial charge is 0.343 e. The van der Waals surface area contributed by atoms with Gasteiger partial charge in [-0.3, -0.25) is 14.6 Å². The van der Waals surface area contributed by atoms with E-state index in [-0.39, 0.29) is 0 Å². The predicted octanol–water partition coefficient (Wildman–Crippen LogP) is 5.34. The molecule has 7 rings (SSSR count). The Morgan fingerprint density at radius 1 is 0.714 bits per heavy atom. The minimum atomic E-state index is 0.411. The van der Waals surface area contributed by atoms with Crippen molar-refractivity contribution >= 4 is 22.6 Å². The highest BCUT2D eigenvalue weighted by Crippen LogP contribution is 2.27. The second kappa shape index (κ2) is 15.0. The normalized spacial score (nSPS) is 15.1. The van der Waals surface area contributed by atoms with Gasteiger partial charge in [-0.05, 0) is 41.0 Å². The van der Waals surface area contributed by atoms with Gasteiger partial charge in [0.15, 0.2) is 0 Å². The molecule has 2 aromatic carbocycles. The number of hydrazine groups is 1. The van der Waals surface area contributed by atoms with E-state index in [1.807, 2.05) is 30.5 Å². The topological polar surface area (TPSA) is 103 Å². The average Bonchev–Trinajstić information content (AvgIpc) is 3.42. The van der Waals surface area contributed by atoms with Crippen LogP contribution in [0.5, 0.6) is 0 Å². The van der Waals surface area contributed by atoms with Gasteiger partial charge in [0, 0.05) is 82.0 Å². The molecule has 5 heterocycles. The van der Waals surface area contributed by atoms with Gasteiger partial charge in [-0.1, -0.05) is 66.7 Å². The molecule has 1 saturated heterocycles. The first-order chi connectivity index (χ1) is 20.7. The fraction of sp³-hybridized carbons (Fsp3) is 0.265. The monoisotopic (exact) mass is 561 g/mol. The number of hydrogen-bond donors (Lipinski definition) is 3. The zero-order chi connectivity index (χ0) is 29.0. The van der Waals surface area contributed by atoms with Crippen LogP contribution in [0.15, 0.2) is 103 Å². The van der Waals surface area contributed by atoms with E-state index in [0.717, 1.165) is 64.2 Å². The van der Waals surface area contributed by atoms with Crippen molar-refractivity contribution in [2.45, 2.75) is 38.9 Å². The molecular formula is C34H39N7O. The summed E-state index contributed by atoms with van der Waals surface area (Å²) >= 11 is 0. The fourth-order valence-corrected chi connectivity index (χ4v) is 5.32. The molecule has 0 radical (unpaired) electrons. The third-order valence-corrected chi connectivity index (χ3v) is 7.55. The lowest BCUT2D eigenvalue weighted by atomic mass is 10.0. The number of likely N-dealkylation sites (tertiary alicyclic amines) is 1. The molecule has 2 aliphatic rings. The summed E-state index contributed by atoms with van der Waals surface area (Å²) in [6.07, 6.45) is 6.07. The van der Waals surface area contributed by atoms with Gasteiger partial charge < -0.3 is 10.4 Å². The molecule has 0 atom stereocenters. The van der Waals surface area contributed by atoms with Crippen LogP contribution in [0.1, 0.15) is 35.2 Å². The van der Waals surface area contributed by atoms with Gasteiger partial charge in [0.2, 0.25) is 0 Å². The average molecular weight is 562 g/mol. The third kappa shape index (κ3) is 8.33. The lowest BCUT2D eigenvalue weighted by molar-refractivity contribution is -0.121. The van der Waals surface area contributed by atoms with Crippen LogP contribution in [0.2, 0.25) is 0 Å². The van der Waals surface area contributed by atoms with E-state index >= 15 is 0 Å². The molecule has 0 spiro atoms. The SMILES string of the molecule is NNc1ccccn1.O=C1CCN(Cc2ccccc2)CC1.c1ccc(CN2CCc3[nH]c4ncccc4c3C2)cc1. The Hall–Kier alpha value is -4.37. The van der Waals surface area contributed by atoms with Crippen LogP contribution in [0, 0.1) is 0 Å². The molecule has 2 aliphatic heterocycles. The number of Topliss-reactive ketones (excluding diaryl/α,β-unsaturated/α-hetero) is 1. The Bertz CT molecular complexity index is 1510. The minimum absolute atomic E-state index is 0.411. The lowest BCUT2D eigenvalue weighted by Gasteiger charge is -2.27. The Labute approximate surface area is 247 Å². The number of H-pyrrole nitrogens is 1. The Morgan fingerprint density at radius 3 is 1.95 bits per heavy atom. The van der Waals surface area contributed by atoms with Crippen LogP contribution in [0.3, 0.4) is 0 Å². The van der Waals surface area contributed by atoms with Crippen molar-refractivity contribution < 1.29 is 4.79 Å². The summed E-state index contributed by atoms with van der Waals surface area (Å²) in [7, 11) is 0. The van der Waals surface area contributed by atoms with Gasteiger partial charge in [-0.25, -0.2) is 15.8 Å². The van der Waals surface area contributed by atoms with E-state index in [1.54, 1.807) is 12.3 Å². The maximum atomic E-state index is 11.0. The number of nitrogens with zero attached hydrogens (tertiary/aromatic N) is 4. The number of rotatable bonds is 5. The van der Waals surface area contributed by atoms with Crippen molar-refractivity contribution in [1.82, 2.24) is 24.8 Å². The number of carbonyl (C=O) groups is 1. The molecule has 0 amide bonds. The molecule has 8 nitrogen and oxygen atoms in total. The highest BCUT2D eigenvalue weighted by Gasteiger charge is 2.21. The first kappa shape index (κ1) is 29.1. The Kier molecular flexibility index (Phi) is 10.4. The van der Waals surface area contributed by atoms with Gasteiger partial charge in [0.05, 0.1) is 0 Å². The number of aromatic nitrogens is 3. The van der Waals surface area contributed by atoms with E-state index in [2.05, 4.69) is 90.8 Å². The Balaban J connectivity index is 0.000000139. The number of benzene rings is 2. The highest BCUT2D eigenvalue weighted by molar-refractivity contribution is 5.81. The van der Waals surface area contributed by atoms with Crippen molar-refractivity contribution in [2.24, 2.45) is 5.84 Å². The smallest absolute Gasteiger partial charge is 0.139 e. The molecular weight excluding hydrogens is 522 g/mol. The zero-order valence-corrected chi connectivity index (χ0v) is 24.0. The first-order valence-corrected chi connectivity index (χ1v) is 14.5. The molecule has 0 unspecified atom stereocenters. The van der Waals surface area contributed by atoms with E-state index in [0.29, 0.717) is 11.6 Å². The molecule has 8 heteroatoms. The second-order valence-corrected chi connectivity index (χ2v) is 10.6. The molecule has 0 saturated carbocycles. The van der Waals surface area contributed by atoms with Crippen molar-refractivity contribution in [3.8, 4) is 0 Å². The number of hydrogen-bond acceptors (Lipinski definition) is 7. The van der Waals surface area contributed by atoms with Crippen LogP contribution in [-0.4, -0.2) is 50.2 Å². The summed E-state index contributed by atoms with van der Waals surface area (Å²) in [6, 6.07) is 30.8. The van der Waals surface area contributed by atoms with Crippen LogP contribution in [0.25, 0.3) is 11.0 Å². The molecule has 1 fully saturated rings. The summed E-state index contributed by atoms with van der Waals surface area (Å²) < 4.78 is 0. The molecule has 0 aliphatic carbocycles. The number of ketones is 1. The van der Waals surface area contributed by atoms with Gasteiger partial charge in [0.1, 0.15) is 17.2 Å². The fourth-order valence-electron chi connectivity index (χ4n) is 5.32. The van der Waals surface area contributed by atoms with E-state index < -0.39 is 0 Å². The van der Waals surface area contributed by atoms with E-state index in [9.17, 15) is 4.79 Å². The van der Waals surface area contributed by atoms with Crippen molar-refractivity contribution in [3.05, 3.63) is 126 Å². The quantitative estimate of drug-likeness (QED) is 0.197. The molecule has 3 aromatic heterocycles. The number of piperidine rings is 1. The highest BCUT2D eigenvalue weighted by atomic mass is 16.1. The maximum Gasteiger partial charge on any atom is 0.139 e. The van der Waals surface area contributed by atoms with Crippen LogP contribution in [-0.2, 0) is 30.8 Å². The van der Waals surface area contributed by atoms with Crippen molar-refractivity contribution in [3.63, 3.8) is 0 Å². The number of aromatic amines is 1. The number of carbonyl (C=O) groups excluding carboxylic acids is 1. The van der Waals surface area contributed by atoms with E-state index in [1.165, 1.54) is 27.8 Å².